The van der Waals surface area contributed by atoms with Gasteiger partial charge < -0.3 is 28.7 Å². The Morgan fingerprint density at radius 3 is 2.24 bits per heavy atom. The van der Waals surface area contributed by atoms with Gasteiger partial charge >= 0.3 is 17.7 Å². The zero-order chi connectivity index (χ0) is 21.8. The highest BCUT2D eigenvalue weighted by Crippen LogP contribution is 2.33. The molecule has 0 saturated carbocycles. The molecule has 158 valence electrons. The molecule has 0 radical (unpaired) electrons. The van der Waals surface area contributed by atoms with Gasteiger partial charge in [-0.05, 0) is 32.4 Å². The van der Waals surface area contributed by atoms with Crippen LogP contribution in [0.2, 0.25) is 0 Å². The monoisotopic (exact) mass is 407 g/mol. The van der Waals surface area contributed by atoms with Gasteiger partial charge in [0.2, 0.25) is 0 Å². The van der Waals surface area contributed by atoms with Crippen LogP contribution >= 0.6 is 0 Å². The van der Waals surface area contributed by atoms with Crippen LogP contribution < -0.4 is 20.4 Å². The molecule has 0 spiro atoms. The van der Waals surface area contributed by atoms with Gasteiger partial charge in [0, 0.05) is 23.9 Å². The molecule has 0 aliphatic heterocycles. The number of hydrogen-bond donors (Lipinski definition) is 1. The van der Waals surface area contributed by atoms with E-state index in [4.69, 9.17) is 23.4 Å². The van der Waals surface area contributed by atoms with Crippen molar-refractivity contribution in [3.8, 4) is 11.5 Å². The number of benzene rings is 1. The van der Waals surface area contributed by atoms with E-state index in [2.05, 4.69) is 5.32 Å². The third kappa shape index (κ3) is 5.63. The first kappa shape index (κ1) is 22.1. The molecule has 1 atom stereocenters. The number of ether oxygens (including phenoxy) is 4. The van der Waals surface area contributed by atoms with Gasteiger partial charge in [-0.1, -0.05) is 0 Å². The Labute approximate surface area is 167 Å². The Morgan fingerprint density at radius 2 is 1.69 bits per heavy atom. The molecule has 9 nitrogen and oxygen atoms in total. The number of alkyl carbamates (subject to hydrolysis) is 1. The second kappa shape index (κ2) is 8.85. The quantitative estimate of drug-likeness (QED) is 0.574. The van der Waals surface area contributed by atoms with Gasteiger partial charge in [0.05, 0.1) is 21.3 Å². The fourth-order valence-corrected chi connectivity index (χ4v) is 2.73. The van der Waals surface area contributed by atoms with Gasteiger partial charge in [-0.15, -0.1) is 0 Å². The van der Waals surface area contributed by atoms with Crippen molar-refractivity contribution in [1.82, 2.24) is 5.32 Å². The molecule has 0 bridgehead atoms. The van der Waals surface area contributed by atoms with E-state index in [1.807, 2.05) is 0 Å². The first-order valence-electron chi connectivity index (χ1n) is 8.84. The summed E-state index contributed by atoms with van der Waals surface area (Å²) in [4.78, 5) is 36.4. The van der Waals surface area contributed by atoms with Crippen molar-refractivity contribution in [1.29, 1.82) is 0 Å². The van der Waals surface area contributed by atoms with Crippen LogP contribution in [0.3, 0.4) is 0 Å². The number of carbonyl (C=O) groups excluding carboxylic acids is 2. The fourth-order valence-electron chi connectivity index (χ4n) is 2.73. The smallest absolute Gasteiger partial charge is 0.408 e. The van der Waals surface area contributed by atoms with Gasteiger partial charge in [-0.3, -0.25) is 0 Å². The van der Waals surface area contributed by atoms with E-state index in [0.717, 1.165) is 0 Å². The number of nitrogens with one attached hydrogen (secondary N) is 1. The van der Waals surface area contributed by atoms with Crippen molar-refractivity contribution >= 4 is 23.0 Å². The van der Waals surface area contributed by atoms with E-state index in [1.165, 1.54) is 33.5 Å². The molecule has 0 fully saturated rings. The van der Waals surface area contributed by atoms with Crippen molar-refractivity contribution in [3.05, 3.63) is 34.2 Å². The molecule has 0 unspecified atom stereocenters. The summed E-state index contributed by atoms with van der Waals surface area (Å²) in [6.07, 6.45) is -0.803. The molecule has 2 rings (SSSR count). The molecule has 1 heterocycles. The Balaban J connectivity index is 2.45. The van der Waals surface area contributed by atoms with Crippen LogP contribution in [-0.4, -0.2) is 45.0 Å². The predicted molar refractivity (Wildman–Crippen MR) is 104 cm³/mol. The summed E-state index contributed by atoms with van der Waals surface area (Å²) >= 11 is 0. The summed E-state index contributed by atoms with van der Waals surface area (Å²) in [5, 5.41) is 3.01. The first-order valence-corrected chi connectivity index (χ1v) is 8.84. The van der Waals surface area contributed by atoms with E-state index >= 15 is 0 Å². The third-order valence-electron chi connectivity index (χ3n) is 3.94. The molecule has 1 N–H and O–H groups in total. The zero-order valence-corrected chi connectivity index (χ0v) is 17.3. The average molecular weight is 407 g/mol. The van der Waals surface area contributed by atoms with Gasteiger partial charge in [0.1, 0.15) is 17.2 Å². The minimum atomic E-state index is -1.08. The lowest BCUT2D eigenvalue weighted by atomic mass is 10.0. The molecule has 0 aliphatic rings. The van der Waals surface area contributed by atoms with Gasteiger partial charge in [-0.25, -0.2) is 14.4 Å². The van der Waals surface area contributed by atoms with E-state index in [0.29, 0.717) is 22.4 Å². The second-order valence-electron chi connectivity index (χ2n) is 7.22. The van der Waals surface area contributed by atoms with Gasteiger partial charge in [0.25, 0.3) is 0 Å². The predicted octanol–water partition coefficient (Wildman–Crippen LogP) is 2.42. The van der Waals surface area contributed by atoms with Crippen LogP contribution in [0.15, 0.2) is 27.4 Å². The lowest BCUT2D eigenvalue weighted by molar-refractivity contribution is -0.143. The molecule has 2 aromatic rings. The summed E-state index contributed by atoms with van der Waals surface area (Å²) in [6, 6.07) is 3.33. The average Bonchev–Trinajstić information content (AvgIpc) is 2.64. The first-order chi connectivity index (χ1) is 13.6. The molecule has 1 amide bonds. The number of methoxy groups -OCH3 is 3. The minimum absolute atomic E-state index is 0.0243. The Bertz CT molecular complexity index is 957. The van der Waals surface area contributed by atoms with E-state index in [1.54, 1.807) is 26.8 Å². The van der Waals surface area contributed by atoms with Crippen LogP contribution in [0.4, 0.5) is 4.79 Å². The maximum atomic E-state index is 12.2. The molecular formula is C20H25NO8. The molecule has 1 aromatic heterocycles. The maximum absolute atomic E-state index is 12.2. The van der Waals surface area contributed by atoms with E-state index in [9.17, 15) is 14.4 Å². The molecule has 9 heteroatoms. The van der Waals surface area contributed by atoms with Crippen molar-refractivity contribution in [2.75, 3.05) is 21.3 Å². The summed E-state index contributed by atoms with van der Waals surface area (Å²) in [7, 11) is 4.14. The van der Waals surface area contributed by atoms with Crippen molar-refractivity contribution in [2.24, 2.45) is 0 Å². The number of rotatable bonds is 6. The number of fused-ring (bicyclic) bond motifs is 1. The molecule has 0 saturated heterocycles. The number of amides is 1. The summed E-state index contributed by atoms with van der Waals surface area (Å²) in [5.41, 5.74) is -0.634. The molecule has 1 aromatic carbocycles. The maximum Gasteiger partial charge on any atom is 0.408 e. The Morgan fingerprint density at radius 1 is 1.07 bits per heavy atom. The topological polar surface area (TPSA) is 113 Å². The summed E-state index contributed by atoms with van der Waals surface area (Å²) in [6.45, 7) is 5.11. The largest absolute Gasteiger partial charge is 0.493 e. The van der Waals surface area contributed by atoms with Crippen molar-refractivity contribution in [2.45, 2.75) is 38.8 Å². The van der Waals surface area contributed by atoms with Crippen LogP contribution in [0.25, 0.3) is 11.0 Å². The van der Waals surface area contributed by atoms with E-state index < -0.39 is 29.3 Å². The van der Waals surface area contributed by atoms with Crippen molar-refractivity contribution in [3.63, 3.8) is 0 Å². The number of carbonyl (C=O) groups is 2. The molecule has 29 heavy (non-hydrogen) atoms. The fraction of sp³-hybridized carbons (Fsp3) is 0.450. The highest BCUT2D eigenvalue weighted by Gasteiger charge is 2.26. The zero-order valence-electron chi connectivity index (χ0n) is 17.3. The summed E-state index contributed by atoms with van der Waals surface area (Å²) < 4.78 is 25.7. The van der Waals surface area contributed by atoms with Crippen LogP contribution in [0, 0.1) is 0 Å². The minimum Gasteiger partial charge on any atom is -0.493 e. The van der Waals surface area contributed by atoms with Crippen LogP contribution in [0.1, 0.15) is 26.3 Å². The molecular weight excluding hydrogens is 382 g/mol. The standard InChI is InChI=1S/C20H25NO8/c1-20(2,3)29-19(24)21-13(18(23)27-6)7-11-8-17(22)28-14-10-16(26-5)15(25-4)9-12(11)14/h8-10,13H,7H2,1-6H3,(H,21,24)/t13-/m1/s1. The van der Waals surface area contributed by atoms with Gasteiger partial charge in [0.15, 0.2) is 11.5 Å². The lowest BCUT2D eigenvalue weighted by Gasteiger charge is -2.23. The normalized spacial score (nSPS) is 12.2. The van der Waals surface area contributed by atoms with Crippen LogP contribution in [0.5, 0.6) is 11.5 Å². The Kier molecular flexibility index (Phi) is 6.73. The highest BCUT2D eigenvalue weighted by atomic mass is 16.6. The SMILES string of the molecule is COC(=O)[C@@H](Cc1cc(=O)oc2cc(OC)c(OC)cc12)NC(=O)OC(C)(C)C. The van der Waals surface area contributed by atoms with Crippen molar-refractivity contribution < 1.29 is 33.0 Å². The number of hydrogen-bond acceptors (Lipinski definition) is 8. The Hall–Kier alpha value is -3.23. The lowest BCUT2D eigenvalue weighted by Crippen LogP contribution is -2.45. The van der Waals surface area contributed by atoms with Gasteiger partial charge in [-0.2, -0.15) is 0 Å². The summed E-state index contributed by atoms with van der Waals surface area (Å²) in [5.74, 6) is 0.124. The second-order valence-corrected chi connectivity index (χ2v) is 7.22. The van der Waals surface area contributed by atoms with Crippen LogP contribution in [-0.2, 0) is 20.7 Å². The number of esters is 1. The molecule has 0 aliphatic carbocycles. The third-order valence-corrected chi connectivity index (χ3v) is 3.94. The highest BCUT2D eigenvalue weighted by molar-refractivity contribution is 5.86. The van der Waals surface area contributed by atoms with E-state index in [-0.39, 0.29) is 12.0 Å².